The molecule has 4 heavy (non-hydrogen) atoms. The molecule has 3 N–H and O–H groups in total. The van der Waals surface area contributed by atoms with Crippen LogP contribution in [0.1, 0.15) is 0 Å². The Labute approximate surface area is 36.8 Å². The van der Waals surface area contributed by atoms with Gasteiger partial charge >= 0.3 is 0 Å². The molecule has 23 valence electrons. The number of nitrogens with two attached hydrogens (primary N) is 1. The van der Waals surface area contributed by atoms with Gasteiger partial charge in [-0.3, -0.25) is 0 Å². The van der Waals surface area contributed by atoms with E-state index in [1.807, 2.05) is 0 Å². The van der Waals surface area contributed by atoms with E-state index in [1.165, 1.54) is 6.34 Å². The van der Waals surface area contributed by atoms with Gasteiger partial charge in [-0.25, -0.2) is 0 Å². The molecule has 0 amide bonds. The number of nitrogens with one attached hydrogen (secondary N) is 1. The average Bonchev–Trinajstić information content (AvgIpc) is 0.918. The van der Waals surface area contributed by atoms with Gasteiger partial charge in [-0.1, -0.05) is 0 Å². The van der Waals surface area contributed by atoms with Gasteiger partial charge in [-0.2, -0.15) is 0 Å². The van der Waals surface area contributed by atoms with Crippen molar-refractivity contribution in [3.63, 3.8) is 0 Å². The van der Waals surface area contributed by atoms with Crippen LogP contribution in [0.3, 0.4) is 0 Å². The molecule has 0 rings (SSSR count). The first-order valence-electron chi connectivity index (χ1n) is 0.539. The van der Waals surface area contributed by atoms with Crippen molar-refractivity contribution in [2.24, 2.45) is 5.73 Å². The van der Waals surface area contributed by atoms with E-state index in [2.05, 4.69) is 5.73 Å². The Kier molecular flexibility index (Phi) is 26.0. The molecule has 0 bridgehead atoms. The Morgan fingerprint density at radius 1 is 1.75 bits per heavy atom. The van der Waals surface area contributed by atoms with Crippen LogP contribution in [-0.2, 0) is 18.6 Å². The predicted molar refractivity (Wildman–Crippen MR) is 11.9 cm³/mol. The summed E-state index contributed by atoms with van der Waals surface area (Å²) in [5.74, 6) is 0. The van der Waals surface area contributed by atoms with Crippen LogP contribution in [0.5, 0.6) is 0 Å². The molecule has 0 aromatic carbocycles. The fraction of sp³-hybridized carbons (Fsp3) is 0. The average molecular weight is 94.0 g/mol. The van der Waals surface area contributed by atoms with Crippen molar-refractivity contribution >= 4 is 6.34 Å². The van der Waals surface area contributed by atoms with Crippen molar-refractivity contribution in [1.82, 2.24) is 0 Å². The second kappa shape index (κ2) is 11.6. The number of hydrogen-bond donors (Lipinski definition) is 2. The first-order valence-corrected chi connectivity index (χ1v) is 0.539. The molecule has 0 heterocycles. The number of rotatable bonds is 0. The van der Waals surface area contributed by atoms with E-state index >= 15 is 0 Å². The van der Waals surface area contributed by atoms with Crippen LogP contribution in [0, 0.1) is 5.41 Å². The summed E-state index contributed by atoms with van der Waals surface area (Å²) in [6.45, 7) is 0. The third-order valence-electron chi connectivity index (χ3n) is 0. The summed E-state index contributed by atoms with van der Waals surface area (Å²) in [6.07, 6.45) is 1.50. The maximum Gasteiger partial charge on any atom is 0 e. The molecule has 0 aromatic heterocycles. The molecule has 0 aliphatic carbocycles. The minimum absolute atomic E-state index is 0. The quantitative estimate of drug-likeness (QED) is 0.179. The molecule has 0 spiro atoms. The monoisotopic (exact) mass is 94.0 g/mol. The first kappa shape index (κ1) is 8.96. The van der Waals surface area contributed by atoms with Gasteiger partial charge in [0.1, 0.15) is 0 Å². The van der Waals surface area contributed by atoms with E-state index in [9.17, 15) is 0 Å². The van der Waals surface area contributed by atoms with Crippen molar-refractivity contribution in [2.45, 2.75) is 0 Å². The summed E-state index contributed by atoms with van der Waals surface area (Å²) in [5.41, 5.74) is 4.26. The molecule has 0 atom stereocenters. The molecule has 0 saturated heterocycles. The zero-order valence-electron chi connectivity index (χ0n) is 2.02. The Morgan fingerprint density at radius 2 is 1.75 bits per heavy atom. The Bertz CT molecular complexity index is 13.5. The molecule has 0 aromatic rings. The fourth-order valence-corrected chi connectivity index (χ4v) is 0. The van der Waals surface area contributed by atoms with Crippen LogP contribution >= 0.6 is 0 Å². The smallest absolute Gasteiger partial charge is 0 e. The van der Waals surface area contributed by atoms with E-state index in [4.69, 9.17) is 5.41 Å². The van der Waals surface area contributed by atoms with E-state index < -0.39 is 0 Å². The molecular weight excluding hydrogens is 91.0 g/mol. The van der Waals surface area contributed by atoms with Crippen LogP contribution in [0.2, 0.25) is 0 Å². The van der Waals surface area contributed by atoms with E-state index in [-0.39, 0.29) is 18.6 Å². The SMILES string of the molecule is N=[C-]N.[V]. The molecule has 2 nitrogen and oxygen atoms in total. The fourth-order valence-electron chi connectivity index (χ4n) is 0. The molecule has 0 unspecified atom stereocenters. The molecular formula is CH3N2V-. The van der Waals surface area contributed by atoms with Crippen LogP contribution in [0.4, 0.5) is 0 Å². The molecule has 0 saturated carbocycles. The van der Waals surface area contributed by atoms with Crippen LogP contribution in [0.15, 0.2) is 0 Å². The van der Waals surface area contributed by atoms with E-state index in [1.54, 1.807) is 0 Å². The van der Waals surface area contributed by atoms with Gasteiger partial charge in [0.15, 0.2) is 0 Å². The van der Waals surface area contributed by atoms with Gasteiger partial charge in [0.2, 0.25) is 0 Å². The maximum absolute atomic E-state index is 5.74. The van der Waals surface area contributed by atoms with Crippen LogP contribution < -0.4 is 5.73 Å². The third-order valence-corrected chi connectivity index (χ3v) is 0. The van der Waals surface area contributed by atoms with Crippen molar-refractivity contribution in [2.75, 3.05) is 0 Å². The standard InChI is InChI=1S/CH3N2.V/c2-1-3;/h(H3,2,3);/q-1;. The number of hydrogen-bond acceptors (Lipinski definition) is 1. The van der Waals surface area contributed by atoms with Gasteiger partial charge in [-0.05, 0) is 0 Å². The van der Waals surface area contributed by atoms with Gasteiger partial charge < -0.3 is 17.5 Å². The van der Waals surface area contributed by atoms with Gasteiger partial charge in [-0.15, -0.1) is 0 Å². The van der Waals surface area contributed by atoms with Crippen LogP contribution in [0.25, 0.3) is 0 Å². The molecule has 0 aliphatic heterocycles. The normalized spacial score (nSPS) is 3.00. The van der Waals surface area contributed by atoms with Crippen molar-refractivity contribution in [3.05, 3.63) is 0 Å². The summed E-state index contributed by atoms with van der Waals surface area (Å²) < 4.78 is 0. The summed E-state index contributed by atoms with van der Waals surface area (Å²) in [4.78, 5) is 0. The van der Waals surface area contributed by atoms with Crippen molar-refractivity contribution in [1.29, 1.82) is 5.41 Å². The van der Waals surface area contributed by atoms with Gasteiger partial charge in [0.25, 0.3) is 0 Å². The van der Waals surface area contributed by atoms with Gasteiger partial charge in [0, 0.05) is 18.6 Å². The zero-order valence-corrected chi connectivity index (χ0v) is 3.42. The summed E-state index contributed by atoms with van der Waals surface area (Å²) in [6, 6.07) is 0. The van der Waals surface area contributed by atoms with Gasteiger partial charge in [0.05, 0.1) is 0 Å². The first-order chi connectivity index (χ1) is 1.41. The van der Waals surface area contributed by atoms with Crippen LogP contribution in [-0.4, -0.2) is 6.34 Å². The molecule has 0 fully saturated rings. The maximum atomic E-state index is 5.74. The summed E-state index contributed by atoms with van der Waals surface area (Å²) in [7, 11) is 0. The predicted octanol–water partition coefficient (Wildman–Crippen LogP) is -0.573. The largest absolute Gasteiger partial charge is 0.563 e. The third kappa shape index (κ3) is 771. The summed E-state index contributed by atoms with van der Waals surface area (Å²) in [5, 5.41) is 5.74. The van der Waals surface area contributed by atoms with E-state index in [0.29, 0.717) is 0 Å². The zero-order chi connectivity index (χ0) is 2.71. The topological polar surface area (TPSA) is 49.9 Å². The summed E-state index contributed by atoms with van der Waals surface area (Å²) >= 11 is 0. The van der Waals surface area contributed by atoms with E-state index in [0.717, 1.165) is 0 Å². The minimum Gasteiger partial charge on any atom is -0.563 e. The molecule has 1 radical (unpaired) electrons. The molecule has 0 aliphatic rings. The second-order valence-electron chi connectivity index (χ2n) is 0.144. The molecule has 3 heteroatoms. The van der Waals surface area contributed by atoms with Crippen molar-refractivity contribution in [3.8, 4) is 0 Å². The van der Waals surface area contributed by atoms with Crippen molar-refractivity contribution < 1.29 is 18.6 Å². The minimum atomic E-state index is 0. The second-order valence-corrected chi connectivity index (χ2v) is 0.144. The Morgan fingerprint density at radius 3 is 1.75 bits per heavy atom. The Hall–Kier alpha value is 0.0544. The Balaban J connectivity index is 0.